The molecule has 0 spiro atoms. The first-order valence-corrected chi connectivity index (χ1v) is 8.75. The SMILES string of the molecule is CCCN(C(=O)c1cc(C)c(C)c(S(N)(=O)=O)c1)C1CC1. The summed E-state index contributed by atoms with van der Waals surface area (Å²) < 4.78 is 23.4. The number of amides is 1. The maximum absolute atomic E-state index is 12.6. The molecule has 0 aromatic heterocycles. The van der Waals surface area contributed by atoms with Crippen LogP contribution in [0.5, 0.6) is 0 Å². The third-order valence-corrected chi connectivity index (χ3v) is 4.92. The van der Waals surface area contributed by atoms with Crippen LogP contribution in [0.2, 0.25) is 0 Å². The summed E-state index contributed by atoms with van der Waals surface area (Å²) in [5.74, 6) is -0.104. The molecule has 6 heteroatoms. The van der Waals surface area contributed by atoms with Gasteiger partial charge in [0.2, 0.25) is 10.0 Å². The molecule has 1 aliphatic carbocycles. The summed E-state index contributed by atoms with van der Waals surface area (Å²) in [6.07, 6.45) is 2.94. The van der Waals surface area contributed by atoms with E-state index in [0.29, 0.717) is 23.7 Å². The summed E-state index contributed by atoms with van der Waals surface area (Å²) in [6.45, 7) is 6.22. The average molecular weight is 310 g/mol. The Kier molecular flexibility index (Phi) is 4.39. The number of hydrogen-bond donors (Lipinski definition) is 1. The minimum atomic E-state index is -3.83. The molecule has 1 fully saturated rings. The quantitative estimate of drug-likeness (QED) is 0.902. The second-order valence-electron chi connectivity index (χ2n) is 5.69. The van der Waals surface area contributed by atoms with Crippen LogP contribution in [0.25, 0.3) is 0 Å². The van der Waals surface area contributed by atoms with Crippen molar-refractivity contribution in [1.82, 2.24) is 4.90 Å². The molecule has 2 rings (SSSR count). The van der Waals surface area contributed by atoms with E-state index in [-0.39, 0.29) is 10.8 Å². The van der Waals surface area contributed by atoms with E-state index in [2.05, 4.69) is 0 Å². The van der Waals surface area contributed by atoms with Gasteiger partial charge in [0.15, 0.2) is 0 Å². The van der Waals surface area contributed by atoms with Gasteiger partial charge in [-0.1, -0.05) is 6.92 Å². The molecule has 1 aromatic rings. The highest BCUT2D eigenvalue weighted by molar-refractivity contribution is 7.89. The maximum atomic E-state index is 12.6. The van der Waals surface area contributed by atoms with Crippen molar-refractivity contribution >= 4 is 15.9 Å². The van der Waals surface area contributed by atoms with Gasteiger partial charge >= 0.3 is 0 Å². The van der Waals surface area contributed by atoms with E-state index in [1.807, 2.05) is 11.8 Å². The van der Waals surface area contributed by atoms with Gasteiger partial charge in [0.1, 0.15) is 0 Å². The van der Waals surface area contributed by atoms with E-state index >= 15 is 0 Å². The normalized spacial score (nSPS) is 15.0. The molecular weight excluding hydrogens is 288 g/mol. The van der Waals surface area contributed by atoms with Crippen LogP contribution in [-0.2, 0) is 10.0 Å². The van der Waals surface area contributed by atoms with Crippen molar-refractivity contribution in [2.75, 3.05) is 6.54 Å². The van der Waals surface area contributed by atoms with Crippen LogP contribution >= 0.6 is 0 Å². The zero-order chi connectivity index (χ0) is 15.8. The summed E-state index contributed by atoms with van der Waals surface area (Å²) in [6, 6.07) is 3.46. The summed E-state index contributed by atoms with van der Waals surface area (Å²) in [7, 11) is -3.83. The van der Waals surface area contributed by atoms with E-state index in [9.17, 15) is 13.2 Å². The molecule has 1 aromatic carbocycles. The Morgan fingerprint density at radius 1 is 1.33 bits per heavy atom. The fourth-order valence-electron chi connectivity index (χ4n) is 2.49. The number of benzene rings is 1. The second kappa shape index (κ2) is 5.77. The summed E-state index contributed by atoms with van der Waals surface area (Å²) in [5, 5.41) is 5.25. The lowest BCUT2D eigenvalue weighted by atomic mass is 10.1. The van der Waals surface area contributed by atoms with Gasteiger partial charge in [-0.15, -0.1) is 0 Å². The molecule has 2 N–H and O–H groups in total. The first-order chi connectivity index (χ1) is 9.75. The fourth-order valence-corrected chi connectivity index (χ4v) is 3.37. The van der Waals surface area contributed by atoms with Crippen molar-refractivity contribution in [2.45, 2.75) is 51.0 Å². The maximum Gasteiger partial charge on any atom is 0.254 e. The lowest BCUT2D eigenvalue weighted by Crippen LogP contribution is -2.34. The minimum absolute atomic E-state index is 0.0399. The predicted octanol–water partition coefficient (Wildman–Crippen LogP) is 1.97. The Morgan fingerprint density at radius 2 is 1.95 bits per heavy atom. The number of hydrogen-bond acceptors (Lipinski definition) is 3. The molecule has 5 nitrogen and oxygen atoms in total. The van der Waals surface area contributed by atoms with E-state index in [0.717, 1.165) is 24.8 Å². The summed E-state index contributed by atoms with van der Waals surface area (Å²) >= 11 is 0. The molecule has 0 atom stereocenters. The van der Waals surface area contributed by atoms with Crippen molar-refractivity contribution in [3.05, 3.63) is 28.8 Å². The highest BCUT2D eigenvalue weighted by Gasteiger charge is 2.33. The zero-order valence-corrected chi connectivity index (χ0v) is 13.5. The highest BCUT2D eigenvalue weighted by atomic mass is 32.2. The standard InChI is InChI=1S/C15H22N2O3S/c1-4-7-17(13-5-6-13)15(18)12-8-10(2)11(3)14(9-12)21(16,19)20/h8-9,13H,4-7H2,1-3H3,(H2,16,19,20). The first-order valence-electron chi connectivity index (χ1n) is 7.20. The molecule has 1 aliphatic rings. The van der Waals surface area contributed by atoms with Crippen LogP contribution in [0, 0.1) is 13.8 Å². The van der Waals surface area contributed by atoms with Gasteiger partial charge in [-0.05, 0) is 56.4 Å². The molecule has 21 heavy (non-hydrogen) atoms. The number of rotatable bonds is 5. The second-order valence-corrected chi connectivity index (χ2v) is 7.22. The monoisotopic (exact) mass is 310 g/mol. The predicted molar refractivity (Wildman–Crippen MR) is 81.6 cm³/mol. The summed E-state index contributed by atoms with van der Waals surface area (Å²) in [5.41, 5.74) is 1.77. The van der Waals surface area contributed by atoms with Gasteiger partial charge in [0.05, 0.1) is 4.90 Å². The largest absolute Gasteiger partial charge is 0.336 e. The highest BCUT2D eigenvalue weighted by Crippen LogP contribution is 2.29. The first kappa shape index (κ1) is 16.0. The number of aryl methyl sites for hydroxylation is 1. The molecule has 0 radical (unpaired) electrons. The van der Waals surface area contributed by atoms with Crippen LogP contribution in [0.3, 0.4) is 0 Å². The van der Waals surface area contributed by atoms with Crippen molar-refractivity contribution in [3.63, 3.8) is 0 Å². The molecule has 0 saturated heterocycles. The molecule has 0 aliphatic heterocycles. The van der Waals surface area contributed by atoms with Crippen molar-refractivity contribution in [1.29, 1.82) is 0 Å². The zero-order valence-electron chi connectivity index (χ0n) is 12.7. The number of nitrogens with zero attached hydrogens (tertiary/aromatic N) is 1. The topological polar surface area (TPSA) is 80.5 Å². The molecule has 116 valence electrons. The van der Waals surface area contributed by atoms with Crippen molar-refractivity contribution in [2.24, 2.45) is 5.14 Å². The lowest BCUT2D eigenvalue weighted by molar-refractivity contribution is 0.0743. The minimum Gasteiger partial charge on any atom is -0.336 e. The summed E-state index contributed by atoms with van der Waals surface area (Å²) in [4.78, 5) is 14.5. The van der Waals surface area contributed by atoms with Crippen LogP contribution in [0.4, 0.5) is 0 Å². The molecule has 0 heterocycles. The number of primary sulfonamides is 1. The van der Waals surface area contributed by atoms with Crippen LogP contribution in [-0.4, -0.2) is 31.8 Å². The third kappa shape index (κ3) is 3.44. The van der Waals surface area contributed by atoms with Gasteiger partial charge in [0.25, 0.3) is 5.91 Å². The Hall–Kier alpha value is -1.40. The number of carbonyl (C=O) groups is 1. The molecule has 0 unspecified atom stereocenters. The molecule has 1 saturated carbocycles. The molecular formula is C15H22N2O3S. The molecule has 0 bridgehead atoms. The van der Waals surface area contributed by atoms with Gasteiger partial charge in [-0.25, -0.2) is 13.6 Å². The Balaban J connectivity index is 2.44. The smallest absolute Gasteiger partial charge is 0.254 e. The third-order valence-electron chi connectivity index (χ3n) is 3.89. The van der Waals surface area contributed by atoms with Gasteiger partial charge in [-0.3, -0.25) is 4.79 Å². The number of carbonyl (C=O) groups excluding carboxylic acids is 1. The lowest BCUT2D eigenvalue weighted by Gasteiger charge is -2.22. The van der Waals surface area contributed by atoms with E-state index in [1.165, 1.54) is 6.07 Å². The van der Waals surface area contributed by atoms with Crippen molar-refractivity contribution in [3.8, 4) is 0 Å². The van der Waals surface area contributed by atoms with Crippen LogP contribution in [0.1, 0.15) is 47.7 Å². The van der Waals surface area contributed by atoms with Gasteiger partial charge in [0, 0.05) is 18.2 Å². The van der Waals surface area contributed by atoms with Crippen molar-refractivity contribution < 1.29 is 13.2 Å². The Labute approximate surface area is 126 Å². The van der Waals surface area contributed by atoms with Gasteiger partial charge in [-0.2, -0.15) is 0 Å². The Bertz CT molecular complexity index is 664. The number of sulfonamides is 1. The molecule has 1 amide bonds. The fraction of sp³-hybridized carbons (Fsp3) is 0.533. The Morgan fingerprint density at radius 3 is 2.43 bits per heavy atom. The van der Waals surface area contributed by atoms with E-state index in [1.54, 1.807) is 19.9 Å². The van der Waals surface area contributed by atoms with Crippen LogP contribution in [0.15, 0.2) is 17.0 Å². The average Bonchev–Trinajstić information content (AvgIpc) is 3.21. The van der Waals surface area contributed by atoms with Crippen LogP contribution < -0.4 is 5.14 Å². The number of nitrogens with two attached hydrogens (primary N) is 1. The van der Waals surface area contributed by atoms with Gasteiger partial charge < -0.3 is 4.90 Å². The van der Waals surface area contributed by atoms with E-state index in [4.69, 9.17) is 5.14 Å². The van der Waals surface area contributed by atoms with E-state index < -0.39 is 10.0 Å².